The average Bonchev–Trinajstić information content (AvgIpc) is 2.95. The van der Waals surface area contributed by atoms with E-state index >= 15 is 0 Å². The average molecular weight is 451 g/mol. The van der Waals surface area contributed by atoms with Gasteiger partial charge in [-0.2, -0.15) is 0 Å². The molecular weight excluding hydrogens is 421 g/mol. The van der Waals surface area contributed by atoms with E-state index in [-0.39, 0.29) is 29.9 Å². The molecule has 1 heterocycles. The van der Waals surface area contributed by atoms with Crippen molar-refractivity contribution >= 4 is 35.9 Å². The van der Waals surface area contributed by atoms with Gasteiger partial charge in [0, 0.05) is 26.1 Å². The summed E-state index contributed by atoms with van der Waals surface area (Å²) in [5.41, 5.74) is -0.447. The first-order chi connectivity index (χ1) is 10.9. The van der Waals surface area contributed by atoms with Gasteiger partial charge in [-0.25, -0.2) is 0 Å². The Hall–Kier alpha value is -1.25. The number of hydrogen-bond donors (Lipinski definition) is 2. The zero-order valence-corrected chi connectivity index (χ0v) is 17.4. The van der Waals surface area contributed by atoms with Crippen LogP contribution in [0.2, 0.25) is 0 Å². The summed E-state index contributed by atoms with van der Waals surface area (Å²) in [6.45, 7) is 9.61. The van der Waals surface area contributed by atoms with Crippen LogP contribution in [0.15, 0.2) is 27.8 Å². The number of carbonyl (C=O) groups is 1. The molecule has 6 nitrogen and oxygen atoms in total. The minimum absolute atomic E-state index is 0. The lowest BCUT2D eigenvalue weighted by Crippen LogP contribution is -2.40. The quantitative estimate of drug-likeness (QED) is 0.275. The summed E-state index contributed by atoms with van der Waals surface area (Å²) in [7, 11) is 0. The number of ether oxygens (including phenoxy) is 1. The molecule has 0 aliphatic heterocycles. The molecule has 24 heavy (non-hydrogen) atoms. The molecule has 1 aromatic rings. The van der Waals surface area contributed by atoms with Gasteiger partial charge in [-0.15, -0.1) is 24.0 Å². The molecule has 0 saturated carbocycles. The van der Waals surface area contributed by atoms with E-state index in [1.807, 2.05) is 32.9 Å². The second kappa shape index (κ2) is 12.2. The van der Waals surface area contributed by atoms with Gasteiger partial charge in [-0.3, -0.25) is 9.79 Å². The number of aliphatic imine (C=N–C) groups is 1. The highest BCUT2D eigenvalue weighted by atomic mass is 127. The summed E-state index contributed by atoms with van der Waals surface area (Å²) in [4.78, 5) is 16.1. The molecule has 0 radical (unpaired) electrons. The summed E-state index contributed by atoms with van der Waals surface area (Å²) in [5.74, 6) is 1.43. The number of esters is 1. The van der Waals surface area contributed by atoms with Crippen molar-refractivity contribution in [2.24, 2.45) is 4.99 Å². The van der Waals surface area contributed by atoms with Crippen LogP contribution in [-0.4, -0.2) is 37.2 Å². The van der Waals surface area contributed by atoms with Crippen LogP contribution in [-0.2, 0) is 16.0 Å². The summed E-state index contributed by atoms with van der Waals surface area (Å²) in [6, 6.07) is 3.82. The van der Waals surface area contributed by atoms with Crippen molar-refractivity contribution in [2.45, 2.75) is 52.6 Å². The lowest BCUT2D eigenvalue weighted by atomic mass is 10.2. The first-order valence-corrected chi connectivity index (χ1v) is 8.17. The van der Waals surface area contributed by atoms with Crippen molar-refractivity contribution in [3.8, 4) is 0 Å². The van der Waals surface area contributed by atoms with Crippen LogP contribution in [0.3, 0.4) is 0 Å². The zero-order chi connectivity index (χ0) is 17.1. The molecule has 0 saturated heterocycles. The van der Waals surface area contributed by atoms with E-state index in [1.165, 1.54) is 0 Å². The number of furan rings is 1. The van der Waals surface area contributed by atoms with Crippen LogP contribution in [0, 0.1) is 0 Å². The van der Waals surface area contributed by atoms with E-state index in [0.717, 1.165) is 31.7 Å². The van der Waals surface area contributed by atoms with Gasteiger partial charge in [0.15, 0.2) is 5.96 Å². The molecule has 0 aliphatic rings. The molecule has 1 rings (SSSR count). The van der Waals surface area contributed by atoms with E-state index in [1.54, 1.807) is 6.26 Å². The smallest absolute Gasteiger partial charge is 0.308 e. The molecule has 0 unspecified atom stereocenters. The second-order valence-corrected chi connectivity index (χ2v) is 6.25. The maximum atomic E-state index is 11.7. The van der Waals surface area contributed by atoms with Crippen molar-refractivity contribution in [3.05, 3.63) is 24.2 Å². The second-order valence-electron chi connectivity index (χ2n) is 6.25. The Morgan fingerprint density at radius 3 is 2.58 bits per heavy atom. The van der Waals surface area contributed by atoms with E-state index in [0.29, 0.717) is 18.9 Å². The van der Waals surface area contributed by atoms with Crippen molar-refractivity contribution < 1.29 is 13.9 Å². The minimum atomic E-state index is -0.447. The molecule has 0 fully saturated rings. The Labute approximate surface area is 161 Å². The summed E-state index contributed by atoms with van der Waals surface area (Å²) >= 11 is 0. The normalized spacial score (nSPS) is 11.6. The van der Waals surface area contributed by atoms with Crippen molar-refractivity contribution in [1.82, 2.24) is 10.6 Å². The fraction of sp³-hybridized carbons (Fsp3) is 0.647. The Morgan fingerprint density at radius 1 is 1.29 bits per heavy atom. The van der Waals surface area contributed by atoms with Gasteiger partial charge in [-0.05, 0) is 39.3 Å². The standard InChI is InChI=1S/C17H29N3O3.HI/c1-5-10-18-16(19-11-8-14-7-6-13-22-14)20-12-9-15(21)23-17(2,3)4;/h6-7,13H,5,8-12H2,1-4H3,(H2,18,19,20);1H. The van der Waals surface area contributed by atoms with E-state index < -0.39 is 5.60 Å². The molecule has 0 atom stereocenters. The largest absolute Gasteiger partial charge is 0.469 e. The van der Waals surface area contributed by atoms with Crippen LogP contribution >= 0.6 is 24.0 Å². The van der Waals surface area contributed by atoms with Gasteiger partial charge >= 0.3 is 5.97 Å². The van der Waals surface area contributed by atoms with Crippen molar-refractivity contribution in [1.29, 1.82) is 0 Å². The highest BCUT2D eigenvalue weighted by Crippen LogP contribution is 2.07. The van der Waals surface area contributed by atoms with E-state index in [4.69, 9.17) is 9.15 Å². The third-order valence-corrected chi connectivity index (χ3v) is 2.78. The molecule has 0 amide bonds. The Kier molecular flexibility index (Phi) is 11.5. The number of halogens is 1. The Balaban J connectivity index is 0.00000529. The van der Waals surface area contributed by atoms with Crippen LogP contribution in [0.4, 0.5) is 0 Å². The molecular formula is C17H30IN3O3. The lowest BCUT2D eigenvalue weighted by Gasteiger charge is -2.19. The summed E-state index contributed by atoms with van der Waals surface area (Å²) < 4.78 is 10.6. The molecule has 0 bridgehead atoms. The number of rotatable bonds is 8. The predicted octanol–water partition coefficient (Wildman–Crippen LogP) is 3.12. The third-order valence-electron chi connectivity index (χ3n) is 2.78. The van der Waals surface area contributed by atoms with Crippen LogP contribution in [0.5, 0.6) is 0 Å². The topological polar surface area (TPSA) is 75.9 Å². The predicted molar refractivity (Wildman–Crippen MR) is 107 cm³/mol. The highest BCUT2D eigenvalue weighted by molar-refractivity contribution is 14.0. The van der Waals surface area contributed by atoms with E-state index in [2.05, 4.69) is 22.5 Å². The highest BCUT2D eigenvalue weighted by Gasteiger charge is 2.15. The van der Waals surface area contributed by atoms with E-state index in [9.17, 15) is 4.79 Å². The first kappa shape index (κ1) is 22.8. The molecule has 2 N–H and O–H groups in total. The molecule has 0 aromatic carbocycles. The number of hydrogen-bond acceptors (Lipinski definition) is 4. The molecule has 1 aromatic heterocycles. The van der Waals surface area contributed by atoms with Gasteiger partial charge in [-0.1, -0.05) is 6.92 Å². The van der Waals surface area contributed by atoms with Crippen molar-refractivity contribution in [3.63, 3.8) is 0 Å². The van der Waals surface area contributed by atoms with Gasteiger partial charge in [0.05, 0.1) is 12.7 Å². The third kappa shape index (κ3) is 11.3. The lowest BCUT2D eigenvalue weighted by molar-refractivity contribution is -0.154. The van der Waals surface area contributed by atoms with Crippen LogP contribution < -0.4 is 10.6 Å². The molecule has 138 valence electrons. The monoisotopic (exact) mass is 451 g/mol. The van der Waals surface area contributed by atoms with Gasteiger partial charge in [0.1, 0.15) is 11.4 Å². The number of guanidine groups is 1. The maximum Gasteiger partial charge on any atom is 0.308 e. The van der Waals surface area contributed by atoms with Crippen LogP contribution in [0.1, 0.15) is 46.3 Å². The number of nitrogens with one attached hydrogen (secondary N) is 2. The summed E-state index contributed by atoms with van der Waals surface area (Å²) in [5, 5.41) is 6.40. The Morgan fingerprint density at radius 2 is 2.00 bits per heavy atom. The van der Waals surface area contributed by atoms with Gasteiger partial charge in [0.2, 0.25) is 0 Å². The SMILES string of the molecule is CCCN=C(NCCC(=O)OC(C)(C)C)NCCc1ccco1.I. The minimum Gasteiger partial charge on any atom is -0.469 e. The molecule has 0 aliphatic carbocycles. The number of nitrogens with zero attached hydrogens (tertiary/aromatic N) is 1. The number of carbonyl (C=O) groups excluding carboxylic acids is 1. The fourth-order valence-electron chi connectivity index (χ4n) is 1.83. The first-order valence-electron chi connectivity index (χ1n) is 8.17. The maximum absolute atomic E-state index is 11.7. The summed E-state index contributed by atoms with van der Waals surface area (Å²) in [6.07, 6.45) is 3.73. The van der Waals surface area contributed by atoms with Gasteiger partial charge in [0.25, 0.3) is 0 Å². The van der Waals surface area contributed by atoms with Crippen molar-refractivity contribution in [2.75, 3.05) is 19.6 Å². The zero-order valence-electron chi connectivity index (χ0n) is 15.1. The Bertz CT molecular complexity index is 482. The molecule has 7 heteroatoms. The van der Waals surface area contributed by atoms with Crippen LogP contribution in [0.25, 0.3) is 0 Å². The molecule has 0 spiro atoms. The van der Waals surface area contributed by atoms with Gasteiger partial charge < -0.3 is 19.8 Å². The fourth-order valence-corrected chi connectivity index (χ4v) is 1.83.